The molecule has 1 atom stereocenters. The van der Waals surface area contributed by atoms with E-state index in [1.54, 1.807) is 42.6 Å². The predicted octanol–water partition coefficient (Wildman–Crippen LogP) is 2.52. The number of rotatable bonds is 6. The zero-order valence-corrected chi connectivity index (χ0v) is 15.7. The van der Waals surface area contributed by atoms with Gasteiger partial charge in [-0.3, -0.25) is 14.7 Å². The lowest BCUT2D eigenvalue weighted by Crippen LogP contribution is -2.34. The maximum absolute atomic E-state index is 12.7. The van der Waals surface area contributed by atoms with Crippen LogP contribution in [0.5, 0.6) is 0 Å². The Labute approximate surface area is 167 Å². The van der Waals surface area contributed by atoms with Gasteiger partial charge in [0.2, 0.25) is 0 Å². The van der Waals surface area contributed by atoms with E-state index in [1.165, 1.54) is 10.9 Å². The Morgan fingerprint density at radius 2 is 2.00 bits per heavy atom. The number of H-pyrrole nitrogens is 1. The van der Waals surface area contributed by atoms with E-state index in [9.17, 15) is 9.59 Å². The first-order valence-corrected chi connectivity index (χ1v) is 9.02. The van der Waals surface area contributed by atoms with Crippen molar-refractivity contribution < 1.29 is 4.79 Å². The van der Waals surface area contributed by atoms with E-state index in [4.69, 9.17) is 10.5 Å². The van der Waals surface area contributed by atoms with Crippen LogP contribution in [-0.4, -0.2) is 26.7 Å². The molecule has 0 saturated heterocycles. The number of nitrogens with zero attached hydrogens (tertiary/aromatic N) is 4. The van der Waals surface area contributed by atoms with Crippen LogP contribution in [0.3, 0.4) is 0 Å². The predicted molar refractivity (Wildman–Crippen MR) is 106 cm³/mol. The van der Waals surface area contributed by atoms with Gasteiger partial charge in [0, 0.05) is 18.4 Å². The number of hydrogen-bond acceptors (Lipinski definition) is 5. The maximum Gasteiger partial charge on any atom is 0.280 e. The third kappa shape index (κ3) is 4.23. The van der Waals surface area contributed by atoms with Crippen molar-refractivity contribution in [1.82, 2.24) is 20.1 Å². The highest BCUT2D eigenvalue weighted by atomic mass is 16.2. The molecule has 0 radical (unpaired) electrons. The molecule has 2 N–H and O–H groups in total. The first-order valence-electron chi connectivity index (χ1n) is 9.02. The monoisotopic (exact) mass is 386 g/mol. The normalized spacial score (nSPS) is 11.3. The topological polar surface area (TPSA) is 127 Å². The number of aromatic nitrogens is 3. The third-order valence-electron chi connectivity index (χ3n) is 4.50. The number of nitrogens with one attached hydrogen (secondary N) is 2. The number of carbonyl (C=O) groups is 1. The first-order chi connectivity index (χ1) is 14.1. The number of amides is 1. The van der Waals surface area contributed by atoms with Gasteiger partial charge in [0.05, 0.1) is 35.2 Å². The fourth-order valence-electron chi connectivity index (χ4n) is 2.80. The number of carbonyl (C=O) groups excluding carboxylic acids is 1. The largest absolute Gasteiger partial charge is 0.348 e. The van der Waals surface area contributed by atoms with Gasteiger partial charge in [-0.2, -0.15) is 10.5 Å². The SMILES string of the molecule is CC[C@H](CC#N)NC(=O)c1ccc(-n2[nH]cc(-c3ccc(C#N)cc3)c2=O)nc1. The molecule has 0 bridgehead atoms. The Bertz CT molecular complexity index is 1140. The van der Waals surface area contributed by atoms with Gasteiger partial charge in [-0.25, -0.2) is 9.67 Å². The highest BCUT2D eigenvalue weighted by Gasteiger charge is 2.14. The quantitative estimate of drug-likeness (QED) is 0.673. The van der Waals surface area contributed by atoms with Gasteiger partial charge in [-0.1, -0.05) is 19.1 Å². The molecule has 0 fully saturated rings. The van der Waals surface area contributed by atoms with Crippen molar-refractivity contribution in [3.63, 3.8) is 0 Å². The molecule has 1 aromatic carbocycles. The van der Waals surface area contributed by atoms with Crippen molar-refractivity contribution in [2.75, 3.05) is 0 Å². The summed E-state index contributed by atoms with van der Waals surface area (Å²) in [6.07, 6.45) is 3.85. The minimum Gasteiger partial charge on any atom is -0.348 e. The second-order valence-corrected chi connectivity index (χ2v) is 6.36. The lowest BCUT2D eigenvalue weighted by molar-refractivity contribution is 0.0936. The second-order valence-electron chi connectivity index (χ2n) is 6.36. The molecule has 3 aromatic rings. The minimum absolute atomic E-state index is 0.215. The van der Waals surface area contributed by atoms with Crippen LogP contribution >= 0.6 is 0 Å². The molecule has 144 valence electrons. The number of benzene rings is 1. The average molecular weight is 386 g/mol. The molecule has 0 spiro atoms. The summed E-state index contributed by atoms with van der Waals surface area (Å²) in [5.74, 6) is 0.0266. The number of nitriles is 2. The number of aromatic amines is 1. The summed E-state index contributed by atoms with van der Waals surface area (Å²) in [6.45, 7) is 1.90. The lowest BCUT2D eigenvalue weighted by atomic mass is 10.1. The van der Waals surface area contributed by atoms with Gasteiger partial charge < -0.3 is 5.32 Å². The van der Waals surface area contributed by atoms with Crippen LogP contribution in [0.4, 0.5) is 0 Å². The molecule has 8 nitrogen and oxygen atoms in total. The van der Waals surface area contributed by atoms with Gasteiger partial charge in [-0.15, -0.1) is 0 Å². The van der Waals surface area contributed by atoms with Crippen LogP contribution in [0.25, 0.3) is 16.9 Å². The molecule has 2 heterocycles. The van der Waals surface area contributed by atoms with Crippen LogP contribution in [0.15, 0.2) is 53.6 Å². The molecule has 0 aliphatic heterocycles. The van der Waals surface area contributed by atoms with Crippen LogP contribution in [0.2, 0.25) is 0 Å². The van der Waals surface area contributed by atoms with Gasteiger partial charge in [0.25, 0.3) is 11.5 Å². The van der Waals surface area contributed by atoms with Crippen LogP contribution < -0.4 is 10.9 Å². The Hall–Kier alpha value is -4.17. The summed E-state index contributed by atoms with van der Waals surface area (Å²) in [6, 6.07) is 13.7. The molecule has 29 heavy (non-hydrogen) atoms. The van der Waals surface area contributed by atoms with E-state index in [1.807, 2.05) is 19.1 Å². The second kappa shape index (κ2) is 8.68. The van der Waals surface area contributed by atoms with Gasteiger partial charge in [0.15, 0.2) is 5.82 Å². The van der Waals surface area contributed by atoms with Crippen molar-refractivity contribution in [1.29, 1.82) is 10.5 Å². The Morgan fingerprint density at radius 3 is 2.59 bits per heavy atom. The fourth-order valence-corrected chi connectivity index (χ4v) is 2.80. The van der Waals surface area contributed by atoms with Crippen LogP contribution in [-0.2, 0) is 0 Å². The number of pyridine rings is 1. The molecule has 2 aromatic heterocycles. The lowest BCUT2D eigenvalue weighted by Gasteiger charge is -2.13. The van der Waals surface area contributed by atoms with E-state index in [2.05, 4.69) is 15.4 Å². The summed E-state index contributed by atoms with van der Waals surface area (Å²) in [5, 5.41) is 23.3. The minimum atomic E-state index is -0.316. The zero-order chi connectivity index (χ0) is 20.8. The highest BCUT2D eigenvalue weighted by Crippen LogP contribution is 2.16. The molecular formula is C21H18N6O2. The summed E-state index contributed by atoms with van der Waals surface area (Å²) in [7, 11) is 0. The summed E-state index contributed by atoms with van der Waals surface area (Å²) in [4.78, 5) is 29.2. The zero-order valence-electron chi connectivity index (χ0n) is 15.7. The van der Waals surface area contributed by atoms with Gasteiger partial charge in [0.1, 0.15) is 0 Å². The highest BCUT2D eigenvalue weighted by molar-refractivity contribution is 5.94. The molecule has 0 unspecified atom stereocenters. The third-order valence-corrected chi connectivity index (χ3v) is 4.50. The van der Waals surface area contributed by atoms with E-state index in [0.29, 0.717) is 34.5 Å². The number of hydrogen-bond donors (Lipinski definition) is 2. The van der Waals surface area contributed by atoms with E-state index >= 15 is 0 Å². The van der Waals surface area contributed by atoms with E-state index < -0.39 is 0 Å². The molecule has 3 rings (SSSR count). The van der Waals surface area contributed by atoms with E-state index in [0.717, 1.165) is 0 Å². The maximum atomic E-state index is 12.7. The average Bonchev–Trinajstić information content (AvgIpc) is 3.14. The summed E-state index contributed by atoms with van der Waals surface area (Å²) in [5.41, 5.74) is 1.69. The Kier molecular flexibility index (Phi) is 5.86. The fraction of sp³-hybridized carbons (Fsp3) is 0.190. The van der Waals surface area contributed by atoms with Crippen LogP contribution in [0, 0.1) is 22.7 Å². The summed E-state index contributed by atoms with van der Waals surface area (Å²) >= 11 is 0. The van der Waals surface area contributed by atoms with Crippen molar-refractivity contribution in [2.45, 2.75) is 25.8 Å². The van der Waals surface area contributed by atoms with E-state index in [-0.39, 0.29) is 23.9 Å². The van der Waals surface area contributed by atoms with Crippen molar-refractivity contribution in [2.24, 2.45) is 0 Å². The van der Waals surface area contributed by atoms with Crippen molar-refractivity contribution >= 4 is 5.91 Å². The molecule has 0 aliphatic rings. The molecule has 1 amide bonds. The van der Waals surface area contributed by atoms with Crippen molar-refractivity contribution in [3.05, 3.63) is 70.3 Å². The Morgan fingerprint density at radius 1 is 1.24 bits per heavy atom. The van der Waals surface area contributed by atoms with Gasteiger partial charge >= 0.3 is 0 Å². The molecular weight excluding hydrogens is 368 g/mol. The first kappa shape index (κ1) is 19.6. The summed E-state index contributed by atoms with van der Waals surface area (Å²) < 4.78 is 1.28. The standard InChI is InChI=1S/C21H18N6O2/c1-2-17(9-10-22)26-20(28)16-7-8-19(24-12-16)27-21(29)18(13-25-27)15-5-3-14(11-23)4-6-15/h3-8,12-13,17,25H,2,9H2,1H3,(H,26,28)/t17-/m1/s1. The van der Waals surface area contributed by atoms with Crippen molar-refractivity contribution in [3.8, 4) is 29.1 Å². The van der Waals surface area contributed by atoms with Gasteiger partial charge in [-0.05, 0) is 36.2 Å². The smallest absolute Gasteiger partial charge is 0.280 e. The molecule has 0 saturated carbocycles. The van der Waals surface area contributed by atoms with Crippen LogP contribution in [0.1, 0.15) is 35.7 Å². The molecule has 8 heteroatoms. The Balaban J connectivity index is 1.81. The molecule has 0 aliphatic carbocycles.